The van der Waals surface area contributed by atoms with E-state index in [4.69, 9.17) is 18.9 Å². The van der Waals surface area contributed by atoms with E-state index in [1.807, 2.05) is 6.92 Å². The average molecular weight is 359 g/mol. The van der Waals surface area contributed by atoms with Crippen LogP contribution in [0.15, 0.2) is 0 Å². The number of esters is 3. The molecule has 1 rings (SSSR count). The van der Waals surface area contributed by atoms with Gasteiger partial charge < -0.3 is 24.3 Å². The normalized spacial score (nSPS) is 28.6. The van der Waals surface area contributed by atoms with E-state index in [-0.39, 0.29) is 12.3 Å². The Morgan fingerprint density at radius 2 is 1.44 bits per heavy atom. The minimum absolute atomic E-state index is 0.226. The van der Waals surface area contributed by atoms with Gasteiger partial charge in [-0.25, -0.2) is 0 Å². The third-order valence-corrected chi connectivity index (χ3v) is 3.47. The number of carbonyl (C=O) groups excluding carboxylic acids is 4. The molecular formula is C16H25NO8. The Bertz CT molecular complexity index is 520. The van der Waals surface area contributed by atoms with Crippen LogP contribution >= 0.6 is 0 Å². The minimum atomic E-state index is -1.18. The van der Waals surface area contributed by atoms with Crippen molar-refractivity contribution in [1.82, 2.24) is 5.32 Å². The Morgan fingerprint density at radius 3 is 1.92 bits per heavy atom. The summed E-state index contributed by atoms with van der Waals surface area (Å²) in [5, 5.41) is 2.64. The van der Waals surface area contributed by atoms with Crippen molar-refractivity contribution in [2.75, 3.05) is 0 Å². The second-order valence-electron chi connectivity index (χ2n) is 5.81. The summed E-state index contributed by atoms with van der Waals surface area (Å²) in [6, 6.07) is -1.01. The molecule has 0 aliphatic carbocycles. The van der Waals surface area contributed by atoms with Crippen molar-refractivity contribution in [3.05, 3.63) is 0 Å². The molecule has 1 aliphatic rings. The fraction of sp³-hybridized carbons (Fsp3) is 0.750. The van der Waals surface area contributed by atoms with Crippen molar-refractivity contribution in [3.8, 4) is 0 Å². The van der Waals surface area contributed by atoms with Crippen LogP contribution in [0.25, 0.3) is 0 Å². The molecule has 0 aromatic carbocycles. The fourth-order valence-corrected chi connectivity index (χ4v) is 2.59. The Kier molecular flexibility index (Phi) is 7.82. The van der Waals surface area contributed by atoms with Crippen LogP contribution < -0.4 is 5.32 Å². The number of rotatable bonds is 6. The highest BCUT2D eigenvalue weighted by Gasteiger charge is 2.50. The lowest BCUT2D eigenvalue weighted by molar-refractivity contribution is -0.261. The molecule has 0 aromatic heterocycles. The molecule has 142 valence electrons. The molecule has 25 heavy (non-hydrogen) atoms. The average Bonchev–Trinajstić information content (AvgIpc) is 2.45. The molecule has 5 atom stereocenters. The topological polar surface area (TPSA) is 117 Å². The van der Waals surface area contributed by atoms with Crippen molar-refractivity contribution in [1.29, 1.82) is 0 Å². The van der Waals surface area contributed by atoms with Crippen LogP contribution in [-0.2, 0) is 38.1 Å². The van der Waals surface area contributed by atoms with Crippen molar-refractivity contribution in [2.24, 2.45) is 0 Å². The lowest BCUT2D eigenvalue weighted by Gasteiger charge is -2.43. The second-order valence-corrected chi connectivity index (χ2v) is 5.81. The molecule has 1 saturated heterocycles. The summed E-state index contributed by atoms with van der Waals surface area (Å²) in [4.78, 5) is 46.3. The smallest absolute Gasteiger partial charge is 0.305 e. The number of hydrogen-bond acceptors (Lipinski definition) is 8. The fourth-order valence-electron chi connectivity index (χ4n) is 2.59. The van der Waals surface area contributed by atoms with Gasteiger partial charge in [0.05, 0.1) is 6.10 Å². The van der Waals surface area contributed by atoms with Crippen LogP contribution in [0, 0.1) is 0 Å². The molecule has 1 amide bonds. The Morgan fingerprint density at radius 1 is 0.920 bits per heavy atom. The highest BCUT2D eigenvalue weighted by Crippen LogP contribution is 2.27. The monoisotopic (exact) mass is 359 g/mol. The molecule has 9 nitrogen and oxygen atoms in total. The van der Waals surface area contributed by atoms with Crippen LogP contribution in [0.5, 0.6) is 0 Å². The summed E-state index contributed by atoms with van der Waals surface area (Å²) in [5.41, 5.74) is 0. The van der Waals surface area contributed by atoms with Gasteiger partial charge in [0.25, 0.3) is 0 Å². The Labute approximate surface area is 146 Å². The van der Waals surface area contributed by atoms with E-state index in [0.717, 1.165) is 0 Å². The van der Waals surface area contributed by atoms with Crippen molar-refractivity contribution in [2.45, 2.75) is 78.1 Å². The van der Waals surface area contributed by atoms with Crippen LogP contribution in [0.4, 0.5) is 0 Å². The highest BCUT2D eigenvalue weighted by atomic mass is 16.7. The second kappa shape index (κ2) is 9.36. The first-order valence-electron chi connectivity index (χ1n) is 8.12. The molecule has 9 heteroatoms. The number of ether oxygens (including phenoxy) is 4. The van der Waals surface area contributed by atoms with E-state index in [9.17, 15) is 19.2 Å². The first-order chi connectivity index (χ1) is 11.6. The predicted molar refractivity (Wildman–Crippen MR) is 84.0 cm³/mol. The van der Waals surface area contributed by atoms with E-state index in [2.05, 4.69) is 5.32 Å². The van der Waals surface area contributed by atoms with Crippen LogP contribution in [0.2, 0.25) is 0 Å². The zero-order chi connectivity index (χ0) is 19.1. The molecule has 0 bridgehead atoms. The van der Waals surface area contributed by atoms with E-state index >= 15 is 0 Å². The van der Waals surface area contributed by atoms with Crippen LogP contribution in [0.3, 0.4) is 0 Å². The van der Waals surface area contributed by atoms with Gasteiger partial charge in [0.15, 0.2) is 12.2 Å². The SMILES string of the molecule is CCCC(=O)NC1C(OC(C)=O)[C@H](OC(C)=O)C(C)O[C@H]1OC(C)=O. The van der Waals surface area contributed by atoms with Gasteiger partial charge in [-0.15, -0.1) is 0 Å². The van der Waals surface area contributed by atoms with E-state index in [0.29, 0.717) is 6.42 Å². The van der Waals surface area contributed by atoms with Crippen molar-refractivity contribution < 1.29 is 38.1 Å². The summed E-state index contributed by atoms with van der Waals surface area (Å²) in [7, 11) is 0. The maximum atomic E-state index is 12.0. The quantitative estimate of drug-likeness (QED) is 0.536. The largest absolute Gasteiger partial charge is 0.456 e. The summed E-state index contributed by atoms with van der Waals surface area (Å²) >= 11 is 0. The molecule has 3 unspecified atom stereocenters. The van der Waals surface area contributed by atoms with Gasteiger partial charge in [-0.3, -0.25) is 19.2 Å². The van der Waals surface area contributed by atoms with Gasteiger partial charge in [0.1, 0.15) is 6.04 Å². The van der Waals surface area contributed by atoms with Crippen molar-refractivity contribution in [3.63, 3.8) is 0 Å². The van der Waals surface area contributed by atoms with Gasteiger partial charge in [0.2, 0.25) is 12.2 Å². The van der Waals surface area contributed by atoms with Gasteiger partial charge >= 0.3 is 17.9 Å². The maximum Gasteiger partial charge on any atom is 0.305 e. The standard InChI is InChI=1S/C16H25NO8/c1-6-7-12(21)17-13-15(24-10(4)19)14(23-9(3)18)8(2)22-16(13)25-11(5)20/h8,13-16H,6-7H2,1-5H3,(H,17,21)/t8?,13?,14-,15?,16+/m1/s1. The number of nitrogens with one attached hydrogen (secondary N) is 1. The molecule has 1 N–H and O–H groups in total. The Balaban J connectivity index is 3.16. The Hall–Kier alpha value is -2.16. The maximum absolute atomic E-state index is 12.0. The van der Waals surface area contributed by atoms with E-state index in [1.54, 1.807) is 6.92 Å². The molecule has 0 aromatic rings. The lowest BCUT2D eigenvalue weighted by atomic mass is 9.96. The minimum Gasteiger partial charge on any atom is -0.456 e. The number of carbonyl (C=O) groups is 4. The van der Waals surface area contributed by atoms with E-state index in [1.165, 1.54) is 20.8 Å². The van der Waals surface area contributed by atoms with Gasteiger partial charge in [-0.05, 0) is 13.3 Å². The molecule has 1 fully saturated rings. The zero-order valence-corrected chi connectivity index (χ0v) is 15.1. The first kappa shape index (κ1) is 20.9. The van der Waals surface area contributed by atoms with Crippen LogP contribution in [-0.4, -0.2) is 54.5 Å². The summed E-state index contributed by atoms with van der Waals surface area (Å²) in [6.45, 7) is 7.01. The molecule has 1 heterocycles. The van der Waals surface area contributed by atoms with Gasteiger partial charge in [-0.2, -0.15) is 0 Å². The first-order valence-corrected chi connectivity index (χ1v) is 8.12. The third-order valence-electron chi connectivity index (χ3n) is 3.47. The number of hydrogen-bond donors (Lipinski definition) is 1. The molecule has 0 radical (unpaired) electrons. The van der Waals surface area contributed by atoms with Gasteiger partial charge in [-0.1, -0.05) is 6.92 Å². The van der Waals surface area contributed by atoms with Gasteiger partial charge in [0, 0.05) is 27.2 Å². The molecule has 1 aliphatic heterocycles. The summed E-state index contributed by atoms with van der Waals surface area (Å²) < 4.78 is 21.2. The van der Waals surface area contributed by atoms with Crippen LogP contribution in [0.1, 0.15) is 47.5 Å². The van der Waals surface area contributed by atoms with E-state index < -0.39 is 48.6 Å². The summed E-state index contributed by atoms with van der Waals surface area (Å²) in [6.07, 6.45) is -3.10. The van der Waals surface area contributed by atoms with Crippen molar-refractivity contribution >= 4 is 23.8 Å². The summed E-state index contributed by atoms with van der Waals surface area (Å²) in [5.74, 6) is -2.18. The highest BCUT2D eigenvalue weighted by molar-refractivity contribution is 5.76. The molecular weight excluding hydrogens is 334 g/mol. The lowest BCUT2D eigenvalue weighted by Crippen LogP contribution is -2.65. The molecule has 0 spiro atoms. The predicted octanol–water partition coefficient (Wildman–Crippen LogP) is 0.443. The molecule has 0 saturated carbocycles. The third kappa shape index (κ3) is 6.33. The number of amides is 1. The zero-order valence-electron chi connectivity index (χ0n) is 15.1.